The highest BCUT2D eigenvalue weighted by atomic mass is 16.5. The van der Waals surface area contributed by atoms with Crippen molar-refractivity contribution >= 4 is 0 Å². The van der Waals surface area contributed by atoms with Gasteiger partial charge in [0.25, 0.3) is 0 Å². The number of para-hydroxylation sites is 1. The van der Waals surface area contributed by atoms with Crippen LogP contribution >= 0.6 is 0 Å². The van der Waals surface area contributed by atoms with Crippen molar-refractivity contribution in [2.75, 3.05) is 0 Å². The summed E-state index contributed by atoms with van der Waals surface area (Å²) in [5.41, 5.74) is 2.80. The molecule has 0 fully saturated rings. The Bertz CT molecular complexity index is 638. The van der Waals surface area contributed by atoms with Gasteiger partial charge in [-0.15, -0.1) is 0 Å². The van der Waals surface area contributed by atoms with E-state index in [1.807, 2.05) is 54.6 Å². The number of nitriles is 1. The van der Waals surface area contributed by atoms with Crippen LogP contribution in [0.3, 0.4) is 0 Å². The summed E-state index contributed by atoms with van der Waals surface area (Å²) in [6.45, 7) is 0. The number of hydrogen-bond donors (Lipinski definition) is 0. The Hall–Kier alpha value is -2.53. The normalized spacial score (nSPS) is 17.1. The Kier molecular flexibility index (Phi) is 2.59. The minimum atomic E-state index is -0.0267. The van der Waals surface area contributed by atoms with Gasteiger partial charge in [-0.05, 0) is 11.6 Å². The lowest BCUT2D eigenvalue weighted by molar-refractivity contribution is 0.453. The Labute approximate surface area is 106 Å². The third-order valence-electron chi connectivity index (χ3n) is 3.12. The standard InChI is InChI=1S/C16H11NO/c17-10-13-11-18-15-9-5-4-8-14(15)16(13)12-6-2-1-3-7-12/h1-9,11,16H/t16-/m0/s1. The molecule has 0 aliphatic carbocycles. The second-order valence-corrected chi connectivity index (χ2v) is 4.18. The first-order chi connectivity index (χ1) is 8.90. The molecule has 0 spiro atoms. The molecule has 0 unspecified atom stereocenters. The van der Waals surface area contributed by atoms with Crippen LogP contribution in [-0.4, -0.2) is 0 Å². The predicted molar refractivity (Wildman–Crippen MR) is 69.1 cm³/mol. The fraction of sp³-hybridized carbons (Fsp3) is 0.0625. The van der Waals surface area contributed by atoms with Gasteiger partial charge in [-0.3, -0.25) is 0 Å². The van der Waals surface area contributed by atoms with E-state index in [4.69, 9.17) is 4.74 Å². The molecule has 18 heavy (non-hydrogen) atoms. The molecule has 0 radical (unpaired) electrons. The fourth-order valence-corrected chi connectivity index (χ4v) is 2.28. The summed E-state index contributed by atoms with van der Waals surface area (Å²) in [6, 6.07) is 20.1. The van der Waals surface area contributed by atoms with E-state index < -0.39 is 0 Å². The van der Waals surface area contributed by atoms with E-state index in [2.05, 4.69) is 6.07 Å². The van der Waals surface area contributed by atoms with Gasteiger partial charge in [-0.25, -0.2) is 0 Å². The first kappa shape index (κ1) is 10.6. The summed E-state index contributed by atoms with van der Waals surface area (Å²) >= 11 is 0. The second kappa shape index (κ2) is 4.38. The summed E-state index contributed by atoms with van der Waals surface area (Å²) in [4.78, 5) is 0. The molecular weight excluding hydrogens is 222 g/mol. The minimum absolute atomic E-state index is 0.0267. The average molecular weight is 233 g/mol. The minimum Gasteiger partial charge on any atom is -0.464 e. The molecule has 0 amide bonds. The second-order valence-electron chi connectivity index (χ2n) is 4.18. The maximum absolute atomic E-state index is 9.25. The highest BCUT2D eigenvalue weighted by Crippen LogP contribution is 2.39. The van der Waals surface area contributed by atoms with Crippen molar-refractivity contribution in [2.24, 2.45) is 0 Å². The summed E-state index contributed by atoms with van der Waals surface area (Å²) in [7, 11) is 0. The molecule has 0 saturated heterocycles. The van der Waals surface area contributed by atoms with Crippen molar-refractivity contribution in [1.82, 2.24) is 0 Å². The van der Waals surface area contributed by atoms with Gasteiger partial charge >= 0.3 is 0 Å². The third kappa shape index (κ3) is 1.66. The molecule has 2 nitrogen and oxygen atoms in total. The van der Waals surface area contributed by atoms with E-state index in [0.29, 0.717) is 5.57 Å². The Morgan fingerprint density at radius 3 is 2.44 bits per heavy atom. The molecule has 1 atom stereocenters. The van der Waals surface area contributed by atoms with Crippen LogP contribution in [0, 0.1) is 11.3 Å². The number of nitrogens with zero attached hydrogens (tertiary/aromatic N) is 1. The van der Waals surface area contributed by atoms with E-state index >= 15 is 0 Å². The maximum Gasteiger partial charge on any atom is 0.130 e. The summed E-state index contributed by atoms with van der Waals surface area (Å²) in [6.07, 6.45) is 1.56. The lowest BCUT2D eigenvalue weighted by Gasteiger charge is -2.23. The van der Waals surface area contributed by atoms with E-state index in [9.17, 15) is 5.26 Å². The molecule has 2 heteroatoms. The quantitative estimate of drug-likeness (QED) is 0.753. The van der Waals surface area contributed by atoms with Crippen LogP contribution in [0.4, 0.5) is 0 Å². The molecule has 0 aromatic heterocycles. The van der Waals surface area contributed by atoms with Crippen LogP contribution in [0.2, 0.25) is 0 Å². The molecule has 3 rings (SSSR count). The van der Waals surface area contributed by atoms with Gasteiger partial charge in [0.15, 0.2) is 0 Å². The van der Waals surface area contributed by atoms with Crippen LogP contribution in [0.15, 0.2) is 66.4 Å². The van der Waals surface area contributed by atoms with Gasteiger partial charge < -0.3 is 4.74 Å². The first-order valence-electron chi connectivity index (χ1n) is 5.81. The highest BCUT2D eigenvalue weighted by molar-refractivity contribution is 5.53. The molecule has 2 aromatic carbocycles. The molecule has 1 heterocycles. The molecule has 1 aliphatic rings. The van der Waals surface area contributed by atoms with E-state index in [0.717, 1.165) is 16.9 Å². The topological polar surface area (TPSA) is 33.0 Å². The van der Waals surface area contributed by atoms with E-state index in [1.54, 1.807) is 6.26 Å². The van der Waals surface area contributed by atoms with Crippen molar-refractivity contribution < 1.29 is 4.74 Å². The van der Waals surface area contributed by atoms with Crippen molar-refractivity contribution in [2.45, 2.75) is 5.92 Å². The predicted octanol–water partition coefficient (Wildman–Crippen LogP) is 3.62. The van der Waals surface area contributed by atoms with Gasteiger partial charge in [0, 0.05) is 5.56 Å². The van der Waals surface area contributed by atoms with Gasteiger partial charge in [0.2, 0.25) is 0 Å². The van der Waals surface area contributed by atoms with Gasteiger partial charge in [-0.1, -0.05) is 48.5 Å². The third-order valence-corrected chi connectivity index (χ3v) is 3.12. The van der Waals surface area contributed by atoms with Crippen molar-refractivity contribution in [1.29, 1.82) is 5.26 Å². The lowest BCUT2D eigenvalue weighted by Crippen LogP contribution is -2.10. The maximum atomic E-state index is 9.25. The first-order valence-corrected chi connectivity index (χ1v) is 5.81. The number of hydrogen-bond acceptors (Lipinski definition) is 2. The zero-order valence-corrected chi connectivity index (χ0v) is 9.71. The van der Waals surface area contributed by atoms with Crippen LogP contribution in [0.5, 0.6) is 5.75 Å². The molecule has 86 valence electrons. The van der Waals surface area contributed by atoms with Crippen LogP contribution in [-0.2, 0) is 0 Å². The molecular formula is C16H11NO. The molecule has 2 aromatic rings. The number of benzene rings is 2. The van der Waals surface area contributed by atoms with Crippen LogP contribution < -0.4 is 4.74 Å². The number of rotatable bonds is 1. The zero-order valence-electron chi connectivity index (χ0n) is 9.71. The van der Waals surface area contributed by atoms with Gasteiger partial charge in [-0.2, -0.15) is 5.26 Å². The fourth-order valence-electron chi connectivity index (χ4n) is 2.28. The Morgan fingerprint density at radius 2 is 1.67 bits per heavy atom. The van der Waals surface area contributed by atoms with Gasteiger partial charge in [0.05, 0.1) is 17.6 Å². The molecule has 1 aliphatic heterocycles. The number of allylic oxidation sites excluding steroid dienone is 1. The molecule has 0 N–H and O–H groups in total. The van der Waals surface area contributed by atoms with Crippen LogP contribution in [0.1, 0.15) is 17.0 Å². The lowest BCUT2D eigenvalue weighted by atomic mass is 9.84. The van der Waals surface area contributed by atoms with Crippen molar-refractivity contribution in [3.05, 3.63) is 77.6 Å². The van der Waals surface area contributed by atoms with Crippen molar-refractivity contribution in [3.63, 3.8) is 0 Å². The summed E-state index contributed by atoms with van der Waals surface area (Å²) in [5.74, 6) is 0.798. The van der Waals surface area contributed by atoms with E-state index in [1.165, 1.54) is 0 Å². The monoisotopic (exact) mass is 233 g/mol. The molecule has 0 bridgehead atoms. The summed E-state index contributed by atoms with van der Waals surface area (Å²) in [5, 5.41) is 9.25. The largest absolute Gasteiger partial charge is 0.464 e. The van der Waals surface area contributed by atoms with Crippen molar-refractivity contribution in [3.8, 4) is 11.8 Å². The Balaban J connectivity index is 2.17. The number of ether oxygens (including phenoxy) is 1. The molecule has 0 saturated carbocycles. The van der Waals surface area contributed by atoms with Gasteiger partial charge in [0.1, 0.15) is 12.0 Å². The SMILES string of the molecule is N#CC1=COc2ccccc2[C@H]1c1ccccc1. The Morgan fingerprint density at radius 1 is 0.944 bits per heavy atom. The number of fused-ring (bicyclic) bond motifs is 1. The zero-order chi connectivity index (χ0) is 12.4. The summed E-state index contributed by atoms with van der Waals surface area (Å²) < 4.78 is 5.49. The van der Waals surface area contributed by atoms with Crippen LogP contribution in [0.25, 0.3) is 0 Å². The highest BCUT2D eigenvalue weighted by Gasteiger charge is 2.25. The van der Waals surface area contributed by atoms with E-state index in [-0.39, 0.29) is 5.92 Å². The average Bonchev–Trinajstić information content (AvgIpc) is 2.47. The smallest absolute Gasteiger partial charge is 0.130 e.